The Morgan fingerprint density at radius 3 is 2.29 bits per heavy atom. The van der Waals surface area contributed by atoms with Gasteiger partial charge in [0.25, 0.3) is 0 Å². The third kappa shape index (κ3) is 4.43. The van der Waals surface area contributed by atoms with Crippen molar-refractivity contribution in [3.05, 3.63) is 0 Å². The lowest BCUT2D eigenvalue weighted by Gasteiger charge is -2.28. The van der Waals surface area contributed by atoms with Crippen LogP contribution in [0.1, 0.15) is 46.0 Å². The molecule has 0 saturated heterocycles. The maximum Gasteiger partial charge on any atom is 0.00793 e. The van der Waals surface area contributed by atoms with Crippen LogP contribution in [0.25, 0.3) is 0 Å². The average Bonchev–Trinajstić information content (AvgIpc) is 2.25. The summed E-state index contributed by atoms with van der Waals surface area (Å²) in [5.41, 5.74) is 0. The zero-order valence-electron chi connectivity index (χ0n) is 9.81. The Morgan fingerprint density at radius 1 is 1.00 bits per heavy atom. The highest BCUT2D eigenvalue weighted by Gasteiger charge is 2.18. The van der Waals surface area contributed by atoms with E-state index in [0.717, 1.165) is 31.6 Å². The van der Waals surface area contributed by atoms with E-state index in [9.17, 15) is 0 Å². The molecule has 0 aromatic rings. The van der Waals surface area contributed by atoms with Gasteiger partial charge in [0.15, 0.2) is 0 Å². The highest BCUT2D eigenvalue weighted by Crippen LogP contribution is 2.26. The molecule has 0 radical (unpaired) electrons. The van der Waals surface area contributed by atoms with Crippen LogP contribution in [0.2, 0.25) is 0 Å². The number of hydrogen-bond donors (Lipinski definition) is 2. The van der Waals surface area contributed by atoms with Gasteiger partial charge < -0.3 is 10.6 Å². The van der Waals surface area contributed by atoms with Crippen LogP contribution in [0, 0.1) is 5.92 Å². The van der Waals surface area contributed by atoms with E-state index in [-0.39, 0.29) is 0 Å². The molecule has 0 bridgehead atoms. The lowest BCUT2D eigenvalue weighted by Crippen LogP contribution is -2.37. The van der Waals surface area contributed by atoms with Gasteiger partial charge >= 0.3 is 0 Å². The van der Waals surface area contributed by atoms with Gasteiger partial charge in [-0.2, -0.15) is 0 Å². The second kappa shape index (κ2) is 7.24. The molecule has 2 nitrogen and oxygen atoms in total. The molecule has 0 unspecified atom stereocenters. The predicted molar refractivity (Wildman–Crippen MR) is 62.6 cm³/mol. The topological polar surface area (TPSA) is 24.1 Å². The van der Waals surface area contributed by atoms with Gasteiger partial charge in [0.1, 0.15) is 0 Å². The van der Waals surface area contributed by atoms with Crippen molar-refractivity contribution in [2.45, 2.75) is 52.0 Å². The fourth-order valence-corrected chi connectivity index (χ4v) is 2.32. The molecule has 0 aromatic carbocycles. The van der Waals surface area contributed by atoms with E-state index in [2.05, 4.69) is 24.5 Å². The average molecular weight is 198 g/mol. The molecule has 1 saturated carbocycles. The van der Waals surface area contributed by atoms with Crippen molar-refractivity contribution in [2.24, 2.45) is 5.92 Å². The van der Waals surface area contributed by atoms with Crippen LogP contribution < -0.4 is 10.6 Å². The molecule has 2 N–H and O–H groups in total. The van der Waals surface area contributed by atoms with E-state index in [0.29, 0.717) is 0 Å². The van der Waals surface area contributed by atoms with Crippen molar-refractivity contribution >= 4 is 0 Å². The smallest absolute Gasteiger partial charge is 0.00793 e. The van der Waals surface area contributed by atoms with Crippen molar-refractivity contribution in [1.82, 2.24) is 10.6 Å². The molecule has 1 aliphatic carbocycles. The van der Waals surface area contributed by atoms with Crippen LogP contribution in [0.4, 0.5) is 0 Å². The zero-order chi connectivity index (χ0) is 10.2. The Labute approximate surface area is 88.8 Å². The van der Waals surface area contributed by atoms with E-state index >= 15 is 0 Å². The third-order valence-electron chi connectivity index (χ3n) is 3.41. The summed E-state index contributed by atoms with van der Waals surface area (Å²) in [6, 6.07) is 0.802. The summed E-state index contributed by atoms with van der Waals surface area (Å²) in [6.45, 7) is 7.82. The standard InChI is InChI=1S/C12H26N2/c1-3-11-5-7-12(8-6-11)14-10-9-13-4-2/h11-14H,3-10H2,1-2H3. The predicted octanol–water partition coefficient (Wildman–Crippen LogP) is 2.15. The minimum Gasteiger partial charge on any atom is -0.316 e. The van der Waals surface area contributed by atoms with E-state index in [1.54, 1.807) is 0 Å². The summed E-state index contributed by atoms with van der Waals surface area (Å²) < 4.78 is 0. The first kappa shape index (κ1) is 12.0. The van der Waals surface area contributed by atoms with E-state index in [1.165, 1.54) is 32.1 Å². The van der Waals surface area contributed by atoms with Gasteiger partial charge in [-0.15, -0.1) is 0 Å². The Kier molecular flexibility index (Phi) is 6.20. The molecule has 2 heteroatoms. The van der Waals surface area contributed by atoms with E-state index < -0.39 is 0 Å². The van der Waals surface area contributed by atoms with E-state index in [4.69, 9.17) is 0 Å². The molecule has 1 fully saturated rings. The Balaban J connectivity index is 1.98. The van der Waals surface area contributed by atoms with Gasteiger partial charge in [0.2, 0.25) is 0 Å². The highest BCUT2D eigenvalue weighted by molar-refractivity contribution is 4.76. The minimum absolute atomic E-state index is 0.802. The lowest BCUT2D eigenvalue weighted by molar-refractivity contribution is 0.286. The molecule has 1 rings (SSSR count). The monoisotopic (exact) mass is 198 g/mol. The van der Waals surface area contributed by atoms with Crippen LogP contribution in [0.15, 0.2) is 0 Å². The van der Waals surface area contributed by atoms with Crippen LogP contribution in [-0.2, 0) is 0 Å². The Hall–Kier alpha value is -0.0800. The van der Waals surface area contributed by atoms with Crippen molar-refractivity contribution in [1.29, 1.82) is 0 Å². The summed E-state index contributed by atoms with van der Waals surface area (Å²) in [4.78, 5) is 0. The first-order valence-electron chi connectivity index (χ1n) is 6.30. The van der Waals surface area contributed by atoms with Gasteiger partial charge in [-0.3, -0.25) is 0 Å². The van der Waals surface area contributed by atoms with Crippen molar-refractivity contribution in [3.8, 4) is 0 Å². The molecular weight excluding hydrogens is 172 g/mol. The molecule has 0 heterocycles. The van der Waals surface area contributed by atoms with Gasteiger partial charge in [-0.25, -0.2) is 0 Å². The molecule has 0 amide bonds. The summed E-state index contributed by atoms with van der Waals surface area (Å²) in [5, 5.41) is 6.98. The van der Waals surface area contributed by atoms with Crippen LogP contribution in [-0.4, -0.2) is 25.7 Å². The summed E-state index contributed by atoms with van der Waals surface area (Å²) in [5.74, 6) is 1.02. The van der Waals surface area contributed by atoms with Crippen LogP contribution >= 0.6 is 0 Å². The number of nitrogens with one attached hydrogen (secondary N) is 2. The lowest BCUT2D eigenvalue weighted by atomic mass is 9.84. The molecule has 0 aromatic heterocycles. The van der Waals surface area contributed by atoms with Crippen LogP contribution in [0.5, 0.6) is 0 Å². The molecule has 84 valence electrons. The fraction of sp³-hybridized carbons (Fsp3) is 1.00. The Morgan fingerprint density at radius 2 is 1.71 bits per heavy atom. The number of rotatable bonds is 6. The molecule has 0 atom stereocenters. The second-order valence-electron chi connectivity index (χ2n) is 4.43. The van der Waals surface area contributed by atoms with E-state index in [1.807, 2.05) is 0 Å². The molecular formula is C12H26N2. The van der Waals surface area contributed by atoms with Crippen molar-refractivity contribution < 1.29 is 0 Å². The summed E-state index contributed by atoms with van der Waals surface area (Å²) >= 11 is 0. The zero-order valence-corrected chi connectivity index (χ0v) is 9.81. The summed E-state index contributed by atoms with van der Waals surface area (Å²) in [6.07, 6.45) is 7.05. The van der Waals surface area contributed by atoms with Crippen molar-refractivity contribution in [2.75, 3.05) is 19.6 Å². The van der Waals surface area contributed by atoms with Gasteiger partial charge in [-0.1, -0.05) is 20.3 Å². The Bertz CT molecular complexity index is 128. The minimum atomic E-state index is 0.802. The highest BCUT2D eigenvalue weighted by atomic mass is 15.0. The molecule has 0 spiro atoms. The van der Waals surface area contributed by atoms with Crippen molar-refractivity contribution in [3.63, 3.8) is 0 Å². The maximum atomic E-state index is 3.64. The largest absolute Gasteiger partial charge is 0.316 e. The maximum absolute atomic E-state index is 3.64. The molecule has 0 aliphatic heterocycles. The first-order chi connectivity index (χ1) is 6.86. The second-order valence-corrected chi connectivity index (χ2v) is 4.43. The fourth-order valence-electron chi connectivity index (χ4n) is 2.32. The number of hydrogen-bond acceptors (Lipinski definition) is 2. The SMILES string of the molecule is CCNCCNC1CCC(CC)CC1. The molecule has 14 heavy (non-hydrogen) atoms. The van der Waals surface area contributed by atoms with Gasteiger partial charge in [0.05, 0.1) is 0 Å². The quantitative estimate of drug-likeness (QED) is 0.639. The van der Waals surface area contributed by atoms with Gasteiger partial charge in [-0.05, 0) is 38.1 Å². The third-order valence-corrected chi connectivity index (χ3v) is 3.41. The first-order valence-corrected chi connectivity index (χ1v) is 6.30. The number of likely N-dealkylation sites (N-methyl/N-ethyl adjacent to an activating group) is 1. The van der Waals surface area contributed by atoms with Crippen LogP contribution in [0.3, 0.4) is 0 Å². The van der Waals surface area contributed by atoms with Gasteiger partial charge in [0, 0.05) is 19.1 Å². The summed E-state index contributed by atoms with van der Waals surface area (Å²) in [7, 11) is 0. The normalized spacial score (nSPS) is 27.9. The molecule has 1 aliphatic rings.